The van der Waals surface area contributed by atoms with E-state index in [0.717, 1.165) is 5.56 Å². The molecule has 150 valence electrons. The highest BCUT2D eigenvalue weighted by Crippen LogP contribution is 2.25. The second-order valence-electron chi connectivity index (χ2n) is 5.46. The lowest BCUT2D eigenvalue weighted by molar-refractivity contribution is -0.119. The molecule has 0 atom stereocenters. The number of ether oxygens (including phenoxy) is 2. The highest BCUT2D eigenvalue weighted by atomic mass is 35.5. The number of carbonyl (C=O) groups is 1. The van der Waals surface area contributed by atoms with Crippen LogP contribution in [0.25, 0.3) is 0 Å². The highest BCUT2D eigenvalue weighted by molar-refractivity contribution is 7.99. The first-order valence-corrected chi connectivity index (χ1v) is 9.96. The minimum absolute atomic E-state index is 0.177. The van der Waals surface area contributed by atoms with Crippen molar-refractivity contribution in [2.45, 2.75) is 5.75 Å². The van der Waals surface area contributed by atoms with Gasteiger partial charge in [-0.3, -0.25) is 15.6 Å². The molecule has 0 bridgehead atoms. The average molecular weight is 444 g/mol. The molecule has 0 unspecified atom stereocenters. The summed E-state index contributed by atoms with van der Waals surface area (Å²) in [6.45, 7) is 0. The Balaban J connectivity index is 1.75. The van der Waals surface area contributed by atoms with Gasteiger partial charge in [-0.2, -0.15) is 0 Å². The molecule has 1 amide bonds. The van der Waals surface area contributed by atoms with Gasteiger partial charge >= 0.3 is 0 Å². The number of rotatable bonds is 7. The van der Waals surface area contributed by atoms with Gasteiger partial charge in [-0.15, -0.1) is 11.8 Å². The molecule has 6 nitrogen and oxygen atoms in total. The molecule has 2 aromatic carbocycles. The van der Waals surface area contributed by atoms with Crippen LogP contribution in [0.1, 0.15) is 5.56 Å². The molecule has 3 N–H and O–H groups in total. The van der Waals surface area contributed by atoms with E-state index in [2.05, 4.69) is 16.2 Å². The Morgan fingerprint density at radius 1 is 1.14 bits per heavy atom. The number of anilines is 1. The molecule has 10 heteroatoms. The maximum Gasteiger partial charge on any atom is 0.248 e. The number of carbonyl (C=O) groups excluding carboxylic acids is 1. The number of halogens is 2. The number of hydrogen-bond acceptors (Lipinski definition) is 5. The van der Waals surface area contributed by atoms with E-state index in [0.29, 0.717) is 28.0 Å². The Morgan fingerprint density at radius 2 is 1.82 bits per heavy atom. The number of hydrazine groups is 1. The van der Waals surface area contributed by atoms with E-state index in [-0.39, 0.29) is 16.8 Å². The summed E-state index contributed by atoms with van der Waals surface area (Å²) in [5.41, 5.74) is 6.53. The van der Waals surface area contributed by atoms with Crippen LogP contribution < -0.4 is 25.6 Å². The molecule has 0 heterocycles. The van der Waals surface area contributed by atoms with Crippen molar-refractivity contribution in [1.29, 1.82) is 0 Å². The Hall–Kier alpha value is -2.23. The van der Waals surface area contributed by atoms with Gasteiger partial charge in [-0.1, -0.05) is 17.7 Å². The second-order valence-corrected chi connectivity index (χ2v) is 7.26. The number of hydrogen-bond donors (Lipinski definition) is 3. The zero-order chi connectivity index (χ0) is 20.5. The van der Waals surface area contributed by atoms with E-state index in [9.17, 15) is 9.18 Å². The molecular weight excluding hydrogens is 425 g/mol. The quantitative estimate of drug-likeness (QED) is 0.444. The van der Waals surface area contributed by atoms with Gasteiger partial charge in [0.2, 0.25) is 5.91 Å². The monoisotopic (exact) mass is 443 g/mol. The number of nitrogens with one attached hydrogen (secondary N) is 3. The first-order valence-electron chi connectivity index (χ1n) is 8.02. The summed E-state index contributed by atoms with van der Waals surface area (Å²) in [5, 5.41) is 3.47. The molecule has 0 aromatic heterocycles. The van der Waals surface area contributed by atoms with Gasteiger partial charge in [0.25, 0.3) is 0 Å². The maximum atomic E-state index is 13.0. The molecule has 0 aliphatic rings. The smallest absolute Gasteiger partial charge is 0.248 e. The first kappa shape index (κ1) is 22.1. The molecule has 2 aromatic rings. The lowest BCUT2D eigenvalue weighted by atomic mass is 10.2. The van der Waals surface area contributed by atoms with Crippen LogP contribution in [0.3, 0.4) is 0 Å². The molecular formula is C18H19ClFN3O3S2. The van der Waals surface area contributed by atoms with Crippen molar-refractivity contribution < 1.29 is 18.7 Å². The summed E-state index contributed by atoms with van der Waals surface area (Å²) in [5.74, 6) is 1.20. The Kier molecular flexibility index (Phi) is 8.62. The molecule has 0 aliphatic carbocycles. The van der Waals surface area contributed by atoms with Crippen LogP contribution in [0.2, 0.25) is 5.02 Å². The molecule has 2 rings (SSSR count). The predicted molar refractivity (Wildman–Crippen MR) is 115 cm³/mol. The van der Waals surface area contributed by atoms with Crippen LogP contribution in [0.15, 0.2) is 36.4 Å². The van der Waals surface area contributed by atoms with Crippen molar-refractivity contribution in [3.8, 4) is 11.5 Å². The fourth-order valence-corrected chi connectivity index (χ4v) is 3.41. The van der Waals surface area contributed by atoms with Gasteiger partial charge in [0.05, 0.1) is 20.0 Å². The SMILES string of the molecule is COc1cc(NC(=S)NNC(=O)CSCc2ccc(F)cc2Cl)cc(OC)c1. The summed E-state index contributed by atoms with van der Waals surface area (Å²) in [6, 6.07) is 9.38. The van der Waals surface area contributed by atoms with Gasteiger partial charge in [-0.25, -0.2) is 4.39 Å². The lowest BCUT2D eigenvalue weighted by Gasteiger charge is -2.13. The van der Waals surface area contributed by atoms with Gasteiger partial charge in [0.1, 0.15) is 17.3 Å². The normalized spacial score (nSPS) is 10.1. The van der Waals surface area contributed by atoms with E-state index in [1.165, 1.54) is 23.9 Å². The molecule has 0 fully saturated rings. The number of benzene rings is 2. The van der Waals surface area contributed by atoms with Gasteiger partial charge < -0.3 is 14.8 Å². The van der Waals surface area contributed by atoms with E-state index >= 15 is 0 Å². The number of thiocarbonyl (C=S) groups is 1. The molecule has 0 spiro atoms. The van der Waals surface area contributed by atoms with Crippen LogP contribution in [-0.2, 0) is 10.5 Å². The van der Waals surface area contributed by atoms with Crippen molar-refractivity contribution >= 4 is 52.3 Å². The van der Waals surface area contributed by atoms with Gasteiger partial charge in [-0.05, 0) is 29.9 Å². The van der Waals surface area contributed by atoms with E-state index in [1.807, 2.05) is 0 Å². The van der Waals surface area contributed by atoms with Crippen LogP contribution in [0, 0.1) is 5.82 Å². The number of amides is 1. The summed E-state index contributed by atoms with van der Waals surface area (Å²) < 4.78 is 23.4. The van der Waals surface area contributed by atoms with E-state index in [1.54, 1.807) is 38.5 Å². The lowest BCUT2D eigenvalue weighted by Crippen LogP contribution is -2.44. The zero-order valence-electron chi connectivity index (χ0n) is 15.2. The standard InChI is InChI=1S/C18H19ClFN3O3S2/c1-25-14-6-13(7-15(8-14)26-2)21-18(27)23-22-17(24)10-28-9-11-3-4-12(20)5-16(11)19/h3-8H,9-10H2,1-2H3,(H,22,24)(H2,21,23,27). The van der Waals surface area contributed by atoms with Crippen molar-refractivity contribution in [2.75, 3.05) is 25.3 Å². The summed E-state index contributed by atoms with van der Waals surface area (Å²) in [7, 11) is 3.10. The maximum absolute atomic E-state index is 13.0. The third-order valence-electron chi connectivity index (χ3n) is 3.43. The summed E-state index contributed by atoms with van der Waals surface area (Å²) in [4.78, 5) is 11.9. The van der Waals surface area contributed by atoms with Gasteiger partial charge in [0.15, 0.2) is 5.11 Å². The molecule has 0 aliphatic heterocycles. The van der Waals surface area contributed by atoms with Crippen molar-refractivity contribution in [2.24, 2.45) is 0 Å². The third kappa shape index (κ3) is 7.06. The molecule has 0 radical (unpaired) electrons. The number of methoxy groups -OCH3 is 2. The highest BCUT2D eigenvalue weighted by Gasteiger charge is 2.07. The Bertz CT molecular complexity index is 833. The van der Waals surface area contributed by atoms with Crippen LogP contribution in [0.5, 0.6) is 11.5 Å². The second kappa shape index (κ2) is 10.9. The van der Waals surface area contributed by atoms with Gasteiger partial charge in [0, 0.05) is 34.7 Å². The topological polar surface area (TPSA) is 71.6 Å². The summed E-state index contributed by atoms with van der Waals surface area (Å²) in [6.07, 6.45) is 0. The average Bonchev–Trinajstić information content (AvgIpc) is 2.67. The van der Waals surface area contributed by atoms with Crippen LogP contribution in [0.4, 0.5) is 10.1 Å². The predicted octanol–water partition coefficient (Wildman–Crippen LogP) is 3.75. The number of thioether (sulfide) groups is 1. The summed E-state index contributed by atoms with van der Waals surface area (Å²) >= 11 is 12.5. The van der Waals surface area contributed by atoms with Crippen LogP contribution in [-0.4, -0.2) is 31.0 Å². The first-order chi connectivity index (χ1) is 13.4. The zero-order valence-corrected chi connectivity index (χ0v) is 17.6. The Labute approximate surface area is 177 Å². The van der Waals surface area contributed by atoms with Crippen molar-refractivity contribution in [3.63, 3.8) is 0 Å². The Morgan fingerprint density at radius 3 is 2.43 bits per heavy atom. The third-order valence-corrected chi connectivity index (χ3v) is 4.97. The molecule has 0 saturated heterocycles. The fourth-order valence-electron chi connectivity index (χ4n) is 2.10. The minimum atomic E-state index is -0.393. The van der Waals surface area contributed by atoms with E-state index < -0.39 is 5.82 Å². The minimum Gasteiger partial charge on any atom is -0.497 e. The van der Waals surface area contributed by atoms with Crippen molar-refractivity contribution in [1.82, 2.24) is 10.9 Å². The largest absolute Gasteiger partial charge is 0.497 e. The van der Waals surface area contributed by atoms with E-state index in [4.69, 9.17) is 33.3 Å². The van der Waals surface area contributed by atoms with Crippen LogP contribution >= 0.6 is 35.6 Å². The fraction of sp³-hybridized carbons (Fsp3) is 0.222. The molecule has 28 heavy (non-hydrogen) atoms. The van der Waals surface area contributed by atoms with Crippen molar-refractivity contribution in [3.05, 3.63) is 52.8 Å². The molecule has 0 saturated carbocycles.